The maximum absolute atomic E-state index is 11.8. The number of aromatic nitrogens is 2. The number of carbonyl (C=O) groups excluding carboxylic acids is 1. The van der Waals surface area contributed by atoms with E-state index in [2.05, 4.69) is 25.9 Å². The molecule has 5 nitrogen and oxygen atoms in total. The van der Waals surface area contributed by atoms with Crippen LogP contribution < -0.4 is 4.74 Å². The number of hydrogen-bond acceptors (Lipinski definition) is 4. The molecule has 1 aromatic heterocycles. The molecule has 0 spiro atoms. The third kappa shape index (κ3) is 3.66. The molecule has 2 heterocycles. The van der Waals surface area contributed by atoms with Gasteiger partial charge in [0, 0.05) is 37.1 Å². The lowest BCUT2D eigenvalue weighted by molar-refractivity contribution is -0.130. The number of nitrogens with zero attached hydrogens (tertiary/aromatic N) is 3. The van der Waals surface area contributed by atoms with Gasteiger partial charge in [0.15, 0.2) is 0 Å². The van der Waals surface area contributed by atoms with Gasteiger partial charge in [0.2, 0.25) is 11.8 Å². The van der Waals surface area contributed by atoms with Crippen LogP contribution in [0, 0.1) is 0 Å². The van der Waals surface area contributed by atoms with Crippen molar-refractivity contribution in [3.8, 4) is 5.88 Å². The van der Waals surface area contributed by atoms with Crippen molar-refractivity contribution in [1.82, 2.24) is 14.9 Å². The van der Waals surface area contributed by atoms with Crippen LogP contribution in [0.5, 0.6) is 5.88 Å². The minimum Gasteiger partial charge on any atom is -0.471 e. The Labute approximate surface area is 115 Å². The molecule has 0 bridgehead atoms. The first-order chi connectivity index (χ1) is 8.79. The maximum Gasteiger partial charge on any atom is 0.232 e. The monoisotopic (exact) mass is 313 g/mol. The van der Waals surface area contributed by atoms with Crippen LogP contribution >= 0.6 is 15.9 Å². The van der Waals surface area contributed by atoms with Gasteiger partial charge in [0.05, 0.1) is 12.7 Å². The summed E-state index contributed by atoms with van der Waals surface area (Å²) in [5.74, 6) is 0.733. The van der Waals surface area contributed by atoms with Gasteiger partial charge in [-0.15, -0.1) is 0 Å². The molecule has 18 heavy (non-hydrogen) atoms. The van der Waals surface area contributed by atoms with E-state index in [4.69, 9.17) is 4.74 Å². The van der Waals surface area contributed by atoms with Gasteiger partial charge in [-0.1, -0.05) is 15.9 Å². The summed E-state index contributed by atoms with van der Waals surface area (Å²) in [6.45, 7) is 1.42. The molecule has 1 amide bonds. The van der Waals surface area contributed by atoms with Crippen molar-refractivity contribution >= 4 is 21.8 Å². The van der Waals surface area contributed by atoms with Gasteiger partial charge in [-0.05, 0) is 6.42 Å². The van der Waals surface area contributed by atoms with E-state index in [0.29, 0.717) is 18.8 Å². The van der Waals surface area contributed by atoms with Crippen molar-refractivity contribution < 1.29 is 9.53 Å². The number of rotatable bonds is 5. The smallest absolute Gasteiger partial charge is 0.232 e. The fourth-order valence-corrected chi connectivity index (χ4v) is 2.22. The second-order valence-corrected chi connectivity index (χ2v) is 5.00. The van der Waals surface area contributed by atoms with Crippen LogP contribution in [0.1, 0.15) is 19.3 Å². The van der Waals surface area contributed by atoms with Crippen molar-refractivity contribution in [2.24, 2.45) is 0 Å². The first-order valence-electron chi connectivity index (χ1n) is 6.06. The van der Waals surface area contributed by atoms with Crippen LogP contribution in [-0.4, -0.2) is 45.3 Å². The Balaban J connectivity index is 1.80. The fraction of sp³-hybridized carbons (Fsp3) is 0.583. The fourth-order valence-electron chi connectivity index (χ4n) is 1.94. The predicted octanol–water partition coefficient (Wildman–Crippen LogP) is 1.63. The first kappa shape index (κ1) is 13.3. The highest BCUT2D eigenvalue weighted by Crippen LogP contribution is 2.16. The molecule has 0 radical (unpaired) electrons. The van der Waals surface area contributed by atoms with Gasteiger partial charge < -0.3 is 9.64 Å². The number of amides is 1. The summed E-state index contributed by atoms with van der Waals surface area (Å²) in [5, 5.41) is 0.867. The van der Waals surface area contributed by atoms with Gasteiger partial charge in [0.1, 0.15) is 6.10 Å². The van der Waals surface area contributed by atoms with Crippen LogP contribution in [0.2, 0.25) is 0 Å². The highest BCUT2D eigenvalue weighted by Gasteiger charge is 2.27. The van der Waals surface area contributed by atoms with E-state index in [9.17, 15) is 4.79 Å². The lowest BCUT2D eigenvalue weighted by atomic mass is 10.3. The van der Waals surface area contributed by atoms with E-state index in [1.54, 1.807) is 18.6 Å². The lowest BCUT2D eigenvalue weighted by Gasteiger charge is -2.16. The Bertz CT molecular complexity index is 388. The first-order valence-corrected chi connectivity index (χ1v) is 7.18. The van der Waals surface area contributed by atoms with Gasteiger partial charge in [-0.3, -0.25) is 9.78 Å². The van der Waals surface area contributed by atoms with Crippen molar-refractivity contribution in [3.05, 3.63) is 18.6 Å². The van der Waals surface area contributed by atoms with Crippen LogP contribution in [0.4, 0.5) is 0 Å². The van der Waals surface area contributed by atoms with Gasteiger partial charge in [-0.25, -0.2) is 4.98 Å². The Morgan fingerprint density at radius 2 is 2.44 bits per heavy atom. The van der Waals surface area contributed by atoms with E-state index in [1.807, 2.05) is 4.90 Å². The summed E-state index contributed by atoms with van der Waals surface area (Å²) in [6.07, 6.45) is 7.18. The number of alkyl halides is 1. The highest BCUT2D eigenvalue weighted by molar-refractivity contribution is 9.09. The van der Waals surface area contributed by atoms with Gasteiger partial charge >= 0.3 is 0 Å². The quantitative estimate of drug-likeness (QED) is 0.775. The highest BCUT2D eigenvalue weighted by atomic mass is 79.9. The molecule has 1 aliphatic rings. The third-order valence-corrected chi connectivity index (χ3v) is 3.41. The molecule has 98 valence electrons. The van der Waals surface area contributed by atoms with Crippen LogP contribution in [-0.2, 0) is 4.79 Å². The Kier molecular flexibility index (Phi) is 4.92. The van der Waals surface area contributed by atoms with Gasteiger partial charge in [-0.2, -0.15) is 0 Å². The average Bonchev–Trinajstić information content (AvgIpc) is 2.86. The Morgan fingerprint density at radius 1 is 1.56 bits per heavy atom. The number of ether oxygens (including phenoxy) is 1. The average molecular weight is 314 g/mol. The minimum atomic E-state index is 0.0367. The summed E-state index contributed by atoms with van der Waals surface area (Å²) < 4.78 is 5.68. The van der Waals surface area contributed by atoms with E-state index in [1.165, 1.54) is 0 Å². The van der Waals surface area contributed by atoms with Crippen molar-refractivity contribution in [3.63, 3.8) is 0 Å². The maximum atomic E-state index is 11.8. The second kappa shape index (κ2) is 6.68. The third-order valence-electron chi connectivity index (χ3n) is 2.85. The Morgan fingerprint density at radius 3 is 3.17 bits per heavy atom. The zero-order valence-electron chi connectivity index (χ0n) is 10.1. The zero-order valence-corrected chi connectivity index (χ0v) is 11.7. The lowest BCUT2D eigenvalue weighted by Crippen LogP contribution is -2.30. The molecule has 0 N–H and O–H groups in total. The van der Waals surface area contributed by atoms with Crippen molar-refractivity contribution in [2.45, 2.75) is 25.4 Å². The van der Waals surface area contributed by atoms with Crippen LogP contribution in [0.15, 0.2) is 18.6 Å². The van der Waals surface area contributed by atoms with E-state index in [0.717, 1.165) is 24.7 Å². The molecule has 2 rings (SSSR count). The number of halogens is 1. The van der Waals surface area contributed by atoms with Crippen molar-refractivity contribution in [1.29, 1.82) is 0 Å². The molecule has 1 aromatic rings. The summed E-state index contributed by atoms with van der Waals surface area (Å²) in [7, 11) is 0. The molecule has 0 aliphatic carbocycles. The molecule has 1 unspecified atom stereocenters. The Hall–Kier alpha value is -1.17. The zero-order chi connectivity index (χ0) is 12.8. The van der Waals surface area contributed by atoms with Gasteiger partial charge in [0.25, 0.3) is 0 Å². The SMILES string of the molecule is O=C(CCCBr)N1CCC(Oc2cnccn2)C1. The summed E-state index contributed by atoms with van der Waals surface area (Å²) in [6, 6.07) is 0. The molecule has 6 heteroatoms. The standard InChI is InChI=1S/C12H16BrN3O2/c13-4-1-2-12(17)16-7-3-10(9-16)18-11-8-14-5-6-15-11/h5-6,8,10H,1-4,7,9H2. The second-order valence-electron chi connectivity index (χ2n) is 4.20. The topological polar surface area (TPSA) is 55.3 Å². The van der Waals surface area contributed by atoms with Crippen molar-refractivity contribution in [2.75, 3.05) is 18.4 Å². The van der Waals surface area contributed by atoms with Crippen LogP contribution in [0.25, 0.3) is 0 Å². The summed E-state index contributed by atoms with van der Waals surface area (Å²) in [4.78, 5) is 21.7. The molecule has 1 aliphatic heterocycles. The number of likely N-dealkylation sites (tertiary alicyclic amines) is 1. The van der Waals surface area contributed by atoms with E-state index < -0.39 is 0 Å². The number of hydrogen-bond donors (Lipinski definition) is 0. The van der Waals surface area contributed by atoms with Crippen LogP contribution in [0.3, 0.4) is 0 Å². The molecule has 1 atom stereocenters. The molecule has 1 saturated heterocycles. The minimum absolute atomic E-state index is 0.0367. The predicted molar refractivity (Wildman–Crippen MR) is 70.7 cm³/mol. The largest absolute Gasteiger partial charge is 0.471 e. The molecule has 0 saturated carbocycles. The normalized spacial score (nSPS) is 18.9. The van der Waals surface area contributed by atoms with E-state index >= 15 is 0 Å². The summed E-state index contributed by atoms with van der Waals surface area (Å²) >= 11 is 3.33. The summed E-state index contributed by atoms with van der Waals surface area (Å²) in [5.41, 5.74) is 0. The van der Waals surface area contributed by atoms with E-state index in [-0.39, 0.29) is 12.0 Å². The molecular formula is C12H16BrN3O2. The number of carbonyl (C=O) groups is 1. The molecule has 1 fully saturated rings. The molecular weight excluding hydrogens is 298 g/mol. The molecule has 0 aromatic carbocycles.